The number of carbonyl (C=O) groups excluding carboxylic acids is 2. The van der Waals surface area contributed by atoms with Crippen molar-refractivity contribution < 1.29 is 23.8 Å². The fourth-order valence-electron chi connectivity index (χ4n) is 4.86. The third-order valence-electron chi connectivity index (χ3n) is 6.16. The average Bonchev–Trinajstić information content (AvgIpc) is 3.48. The summed E-state index contributed by atoms with van der Waals surface area (Å²) in [5.41, 5.74) is 0.489. The van der Waals surface area contributed by atoms with E-state index in [1.165, 1.54) is 0 Å². The number of halogens is 1. The topological polar surface area (TPSA) is 77.1 Å². The highest BCUT2D eigenvalue weighted by Crippen LogP contribution is 2.53. The number of fused-ring (bicyclic) bond motifs is 2. The SMILES string of the molecule is O=C(Nc1cccc(Cl)c1)C1C2C=C[C@@]3(CN(c4ccc5c(c4)OCO5)C(=O)C13)O2. The Bertz CT molecular complexity index is 1120. The van der Waals surface area contributed by atoms with Gasteiger partial charge in [0.05, 0.1) is 24.5 Å². The third-order valence-corrected chi connectivity index (χ3v) is 6.40. The van der Waals surface area contributed by atoms with Gasteiger partial charge in [0.25, 0.3) is 0 Å². The first kappa shape index (κ1) is 17.8. The normalized spacial score (nSPS) is 30.1. The monoisotopic (exact) mass is 424 g/mol. The number of amides is 2. The summed E-state index contributed by atoms with van der Waals surface area (Å²) in [6, 6.07) is 12.3. The molecule has 2 fully saturated rings. The number of carbonyl (C=O) groups is 2. The number of benzene rings is 2. The maximum Gasteiger partial charge on any atom is 0.234 e. The van der Waals surface area contributed by atoms with Gasteiger partial charge in [-0.3, -0.25) is 9.59 Å². The molecule has 4 atom stereocenters. The van der Waals surface area contributed by atoms with E-state index in [0.717, 1.165) is 0 Å². The molecule has 3 unspecified atom stereocenters. The minimum absolute atomic E-state index is 0.132. The van der Waals surface area contributed by atoms with Crippen LogP contribution < -0.4 is 19.7 Å². The van der Waals surface area contributed by atoms with Crippen LogP contribution in [0.2, 0.25) is 5.02 Å². The quantitative estimate of drug-likeness (QED) is 0.766. The lowest BCUT2D eigenvalue weighted by atomic mass is 9.77. The Morgan fingerprint density at radius 1 is 1.17 bits per heavy atom. The average molecular weight is 425 g/mol. The van der Waals surface area contributed by atoms with Crippen LogP contribution in [0.3, 0.4) is 0 Å². The molecule has 4 aliphatic heterocycles. The Balaban J connectivity index is 1.30. The highest BCUT2D eigenvalue weighted by Gasteiger charge is 2.67. The van der Waals surface area contributed by atoms with Gasteiger partial charge in [-0.05, 0) is 30.3 Å². The zero-order valence-electron chi connectivity index (χ0n) is 15.7. The molecule has 2 bridgehead atoms. The fourth-order valence-corrected chi connectivity index (χ4v) is 5.05. The van der Waals surface area contributed by atoms with Crippen LogP contribution in [0.25, 0.3) is 0 Å². The summed E-state index contributed by atoms with van der Waals surface area (Å²) in [6.45, 7) is 0.517. The highest BCUT2D eigenvalue weighted by atomic mass is 35.5. The number of anilines is 2. The van der Waals surface area contributed by atoms with E-state index in [9.17, 15) is 9.59 Å². The van der Waals surface area contributed by atoms with Crippen molar-refractivity contribution in [2.45, 2.75) is 11.7 Å². The number of nitrogens with zero attached hydrogens (tertiary/aromatic N) is 1. The predicted octanol–water partition coefficient (Wildman–Crippen LogP) is 2.99. The second kappa shape index (κ2) is 6.23. The van der Waals surface area contributed by atoms with Crippen molar-refractivity contribution in [2.24, 2.45) is 11.8 Å². The number of hydrogen-bond acceptors (Lipinski definition) is 5. The van der Waals surface area contributed by atoms with Crippen molar-refractivity contribution in [3.8, 4) is 11.5 Å². The van der Waals surface area contributed by atoms with Crippen LogP contribution in [-0.4, -0.2) is 36.9 Å². The summed E-state index contributed by atoms with van der Waals surface area (Å²) in [7, 11) is 0. The van der Waals surface area contributed by atoms with Crippen LogP contribution >= 0.6 is 11.6 Å². The highest BCUT2D eigenvalue weighted by molar-refractivity contribution is 6.30. The number of rotatable bonds is 3. The van der Waals surface area contributed by atoms with Crippen molar-refractivity contribution in [1.29, 1.82) is 0 Å². The Labute approximate surface area is 177 Å². The van der Waals surface area contributed by atoms with Crippen LogP contribution in [0.4, 0.5) is 11.4 Å². The third kappa shape index (κ3) is 2.49. The largest absolute Gasteiger partial charge is 0.454 e. The van der Waals surface area contributed by atoms with E-state index < -0.39 is 23.5 Å². The van der Waals surface area contributed by atoms with E-state index in [0.29, 0.717) is 34.4 Å². The first-order valence-corrected chi connectivity index (χ1v) is 10.1. The van der Waals surface area contributed by atoms with Gasteiger partial charge in [0.1, 0.15) is 5.60 Å². The number of hydrogen-bond donors (Lipinski definition) is 1. The standard InChI is InChI=1S/C22H17ClN2O5/c23-12-2-1-3-13(8-12)24-20(26)18-16-6-7-22(30-16)10-25(21(27)19(18)22)14-4-5-15-17(9-14)29-11-28-15/h1-9,16,18-19H,10-11H2,(H,24,26)/t16?,18?,19?,22-/m0/s1. The van der Waals surface area contributed by atoms with Gasteiger partial charge < -0.3 is 24.4 Å². The van der Waals surface area contributed by atoms with Gasteiger partial charge in [-0.1, -0.05) is 29.8 Å². The van der Waals surface area contributed by atoms with E-state index in [2.05, 4.69) is 5.32 Å². The predicted molar refractivity (Wildman–Crippen MR) is 109 cm³/mol. The molecule has 7 nitrogen and oxygen atoms in total. The molecule has 4 aliphatic rings. The van der Waals surface area contributed by atoms with Crippen LogP contribution in [0.1, 0.15) is 0 Å². The van der Waals surface area contributed by atoms with E-state index in [1.807, 2.05) is 18.2 Å². The summed E-state index contributed by atoms with van der Waals surface area (Å²) < 4.78 is 17.0. The molecule has 2 saturated heterocycles. The first-order valence-electron chi connectivity index (χ1n) is 9.69. The van der Waals surface area contributed by atoms with E-state index in [1.54, 1.807) is 41.3 Å². The first-order chi connectivity index (χ1) is 14.5. The zero-order chi connectivity index (χ0) is 20.5. The molecule has 0 saturated carbocycles. The Morgan fingerprint density at radius 3 is 2.90 bits per heavy atom. The molecule has 30 heavy (non-hydrogen) atoms. The van der Waals surface area contributed by atoms with Gasteiger partial charge in [0.15, 0.2) is 11.5 Å². The smallest absolute Gasteiger partial charge is 0.234 e. The summed E-state index contributed by atoms with van der Waals surface area (Å²) >= 11 is 6.02. The molecule has 2 aromatic carbocycles. The number of ether oxygens (including phenoxy) is 3. The Kier molecular flexibility index (Phi) is 3.70. The van der Waals surface area contributed by atoms with Crippen molar-refractivity contribution >= 4 is 34.8 Å². The molecule has 1 spiro atoms. The van der Waals surface area contributed by atoms with Gasteiger partial charge in [-0.2, -0.15) is 0 Å². The minimum Gasteiger partial charge on any atom is -0.454 e. The van der Waals surface area contributed by atoms with Gasteiger partial charge in [0.2, 0.25) is 18.6 Å². The van der Waals surface area contributed by atoms with Crippen molar-refractivity contribution in [3.05, 3.63) is 59.6 Å². The molecular formula is C22H17ClN2O5. The molecule has 2 amide bonds. The molecule has 2 aromatic rings. The van der Waals surface area contributed by atoms with E-state index >= 15 is 0 Å². The fraction of sp³-hybridized carbons (Fsp3) is 0.273. The van der Waals surface area contributed by atoms with Crippen molar-refractivity contribution in [2.75, 3.05) is 23.6 Å². The molecular weight excluding hydrogens is 408 g/mol. The van der Waals surface area contributed by atoms with Crippen LogP contribution in [-0.2, 0) is 14.3 Å². The van der Waals surface area contributed by atoms with Crippen LogP contribution in [0.5, 0.6) is 11.5 Å². The summed E-state index contributed by atoms with van der Waals surface area (Å²) in [4.78, 5) is 28.2. The van der Waals surface area contributed by atoms with Gasteiger partial charge >= 0.3 is 0 Å². The van der Waals surface area contributed by atoms with Crippen molar-refractivity contribution in [3.63, 3.8) is 0 Å². The zero-order valence-corrected chi connectivity index (χ0v) is 16.5. The molecule has 0 radical (unpaired) electrons. The van der Waals surface area contributed by atoms with Gasteiger partial charge in [0, 0.05) is 22.5 Å². The lowest BCUT2D eigenvalue weighted by Crippen LogP contribution is -2.41. The van der Waals surface area contributed by atoms with E-state index in [4.69, 9.17) is 25.8 Å². The van der Waals surface area contributed by atoms with Gasteiger partial charge in [-0.25, -0.2) is 0 Å². The van der Waals surface area contributed by atoms with E-state index in [-0.39, 0.29) is 18.6 Å². The van der Waals surface area contributed by atoms with Crippen LogP contribution in [0.15, 0.2) is 54.6 Å². The summed E-state index contributed by atoms with van der Waals surface area (Å²) in [5, 5.41) is 3.41. The van der Waals surface area contributed by atoms with Gasteiger partial charge in [-0.15, -0.1) is 0 Å². The molecule has 152 valence electrons. The molecule has 1 N–H and O–H groups in total. The Hall–Kier alpha value is -3.03. The Morgan fingerprint density at radius 2 is 2.03 bits per heavy atom. The summed E-state index contributed by atoms with van der Waals surface area (Å²) in [5.74, 6) is -0.325. The minimum atomic E-state index is -0.797. The maximum atomic E-state index is 13.4. The molecule has 8 heteroatoms. The molecule has 4 heterocycles. The van der Waals surface area contributed by atoms with Crippen LogP contribution in [0, 0.1) is 11.8 Å². The lowest BCUT2D eigenvalue weighted by molar-refractivity contribution is -0.128. The molecule has 0 aromatic heterocycles. The molecule has 6 rings (SSSR count). The second-order valence-corrected chi connectivity index (χ2v) is 8.30. The molecule has 0 aliphatic carbocycles. The lowest BCUT2D eigenvalue weighted by Gasteiger charge is -2.23. The van der Waals surface area contributed by atoms with Crippen molar-refractivity contribution in [1.82, 2.24) is 0 Å². The summed E-state index contributed by atoms with van der Waals surface area (Å²) in [6.07, 6.45) is 3.39. The second-order valence-electron chi connectivity index (χ2n) is 7.86. The maximum absolute atomic E-state index is 13.4. The number of nitrogens with one attached hydrogen (secondary N) is 1.